The number of nitrogens with zero attached hydrogens (tertiary/aromatic N) is 1. The highest BCUT2D eigenvalue weighted by Gasteiger charge is 2.25. The van der Waals surface area contributed by atoms with Gasteiger partial charge in [0.2, 0.25) is 0 Å². The van der Waals surface area contributed by atoms with E-state index in [2.05, 4.69) is 14.9 Å². The zero-order valence-electron chi connectivity index (χ0n) is 11.0. The highest BCUT2D eigenvalue weighted by atomic mass is 32.2. The zero-order chi connectivity index (χ0) is 15.5. The molecule has 2 aromatic rings. The fourth-order valence-electron chi connectivity index (χ4n) is 1.73. The van der Waals surface area contributed by atoms with Gasteiger partial charge in [-0.25, -0.2) is 4.79 Å². The van der Waals surface area contributed by atoms with Crippen molar-refractivity contribution < 1.29 is 23.1 Å². The maximum Gasteiger partial charge on any atom is 0.340 e. The van der Waals surface area contributed by atoms with E-state index in [0.717, 1.165) is 6.20 Å². The Morgan fingerprint density at radius 3 is 2.81 bits per heavy atom. The molecule has 0 bridgehead atoms. The van der Waals surface area contributed by atoms with E-state index in [0.29, 0.717) is 11.3 Å². The maximum absolute atomic E-state index is 12.3. The van der Waals surface area contributed by atoms with Crippen LogP contribution in [0.5, 0.6) is 0 Å². The molecular weight excluding hydrogens is 298 g/mol. The molecule has 112 valence electrons. The smallest absolute Gasteiger partial charge is 0.340 e. The standard InChI is InChI=1S/C12H13N3O5S/c1-20-7-8-4-2-3-5-10(8)15-21(18,19)11-9(12(16)17)6-13-14-11/h2-6,15H,7H2,1H3,(H,13,14)(H,16,17). The Kier molecular flexibility index (Phi) is 4.24. The largest absolute Gasteiger partial charge is 0.478 e. The van der Waals surface area contributed by atoms with Crippen LogP contribution in [0.15, 0.2) is 35.5 Å². The van der Waals surface area contributed by atoms with Gasteiger partial charge in [0.05, 0.1) is 18.5 Å². The molecule has 1 aromatic carbocycles. The second kappa shape index (κ2) is 5.94. The van der Waals surface area contributed by atoms with E-state index in [9.17, 15) is 13.2 Å². The first kappa shape index (κ1) is 15.0. The SMILES string of the molecule is COCc1ccccc1NS(=O)(=O)c1[nH]ncc1C(=O)O. The maximum atomic E-state index is 12.3. The number of H-pyrrole nitrogens is 1. The fourth-order valence-corrected chi connectivity index (χ4v) is 2.92. The molecule has 3 N–H and O–H groups in total. The minimum atomic E-state index is -4.09. The van der Waals surface area contributed by atoms with Crippen molar-refractivity contribution in [1.82, 2.24) is 10.2 Å². The molecule has 1 heterocycles. The summed E-state index contributed by atoms with van der Waals surface area (Å²) in [7, 11) is -2.60. The summed E-state index contributed by atoms with van der Waals surface area (Å²) in [5.74, 6) is -1.38. The van der Waals surface area contributed by atoms with Gasteiger partial charge >= 0.3 is 5.97 Å². The summed E-state index contributed by atoms with van der Waals surface area (Å²) >= 11 is 0. The topological polar surface area (TPSA) is 121 Å². The molecule has 0 unspecified atom stereocenters. The molecule has 0 radical (unpaired) electrons. The molecule has 2 rings (SSSR count). The Hall–Kier alpha value is -2.39. The van der Waals surface area contributed by atoms with Gasteiger partial charge in [-0.2, -0.15) is 13.5 Å². The Morgan fingerprint density at radius 2 is 2.14 bits per heavy atom. The first-order chi connectivity index (χ1) is 9.95. The minimum absolute atomic E-state index is 0.216. The molecule has 0 atom stereocenters. The van der Waals surface area contributed by atoms with Crippen LogP contribution in [0.25, 0.3) is 0 Å². The van der Waals surface area contributed by atoms with E-state index in [1.807, 2.05) is 0 Å². The number of para-hydroxylation sites is 1. The highest BCUT2D eigenvalue weighted by molar-refractivity contribution is 7.92. The van der Waals surface area contributed by atoms with Crippen molar-refractivity contribution in [3.63, 3.8) is 0 Å². The molecule has 0 saturated heterocycles. The molecule has 1 aromatic heterocycles. The summed E-state index contributed by atoms with van der Waals surface area (Å²) in [5, 5.41) is 14.1. The van der Waals surface area contributed by atoms with Crippen LogP contribution in [0.3, 0.4) is 0 Å². The predicted octanol–water partition coefficient (Wildman–Crippen LogP) is 1.06. The Balaban J connectivity index is 2.38. The second-order valence-electron chi connectivity index (χ2n) is 4.11. The quantitative estimate of drug-likeness (QED) is 0.733. The van der Waals surface area contributed by atoms with Crippen LogP contribution in [0.1, 0.15) is 15.9 Å². The number of hydrogen-bond acceptors (Lipinski definition) is 5. The number of anilines is 1. The first-order valence-electron chi connectivity index (χ1n) is 5.82. The fraction of sp³-hybridized carbons (Fsp3) is 0.167. The number of ether oxygens (including phenoxy) is 1. The van der Waals surface area contributed by atoms with Gasteiger partial charge in [-0.15, -0.1) is 0 Å². The van der Waals surface area contributed by atoms with Gasteiger partial charge in [0.15, 0.2) is 5.03 Å². The van der Waals surface area contributed by atoms with E-state index in [4.69, 9.17) is 9.84 Å². The molecule has 8 nitrogen and oxygen atoms in total. The molecule has 0 fully saturated rings. The number of carboxylic acid groups (broad SMARTS) is 1. The lowest BCUT2D eigenvalue weighted by Gasteiger charge is -2.11. The number of carboxylic acids is 1. The molecule has 0 saturated carbocycles. The summed E-state index contributed by atoms with van der Waals surface area (Å²) in [6, 6.07) is 6.65. The number of methoxy groups -OCH3 is 1. The van der Waals surface area contributed by atoms with Gasteiger partial charge in [-0.3, -0.25) is 9.82 Å². The number of carbonyl (C=O) groups is 1. The van der Waals surface area contributed by atoms with Crippen LogP contribution in [-0.4, -0.2) is 36.8 Å². The highest BCUT2D eigenvalue weighted by Crippen LogP contribution is 2.21. The molecule has 0 aliphatic heterocycles. The van der Waals surface area contributed by atoms with Crippen molar-refractivity contribution in [1.29, 1.82) is 0 Å². The lowest BCUT2D eigenvalue weighted by atomic mass is 10.2. The van der Waals surface area contributed by atoms with Crippen molar-refractivity contribution in [3.8, 4) is 0 Å². The molecule has 0 aliphatic carbocycles. The van der Waals surface area contributed by atoms with Crippen molar-refractivity contribution in [2.75, 3.05) is 11.8 Å². The predicted molar refractivity (Wildman–Crippen MR) is 73.5 cm³/mol. The van der Waals surface area contributed by atoms with Crippen molar-refractivity contribution in [2.24, 2.45) is 0 Å². The number of hydrogen-bond donors (Lipinski definition) is 3. The average molecular weight is 311 g/mol. The molecular formula is C12H13N3O5S. The Labute approximate surface area is 120 Å². The minimum Gasteiger partial charge on any atom is -0.478 e. The van der Waals surface area contributed by atoms with E-state index in [-0.39, 0.29) is 6.61 Å². The number of benzene rings is 1. The van der Waals surface area contributed by atoms with Crippen LogP contribution >= 0.6 is 0 Å². The summed E-state index contributed by atoms with van der Waals surface area (Å²) in [6.07, 6.45) is 0.942. The van der Waals surface area contributed by atoms with Gasteiger partial charge in [-0.1, -0.05) is 18.2 Å². The van der Waals surface area contributed by atoms with Gasteiger partial charge < -0.3 is 9.84 Å². The van der Waals surface area contributed by atoms with Gasteiger partial charge in [0, 0.05) is 12.7 Å². The van der Waals surface area contributed by atoms with E-state index in [1.54, 1.807) is 24.3 Å². The molecule has 9 heteroatoms. The van der Waals surface area contributed by atoms with Gasteiger partial charge in [0.25, 0.3) is 10.0 Å². The molecule has 0 aliphatic rings. The number of aromatic carboxylic acids is 1. The third-order valence-corrected chi connectivity index (χ3v) is 4.00. The average Bonchev–Trinajstić information content (AvgIpc) is 2.91. The van der Waals surface area contributed by atoms with Crippen molar-refractivity contribution >= 4 is 21.7 Å². The number of nitrogens with one attached hydrogen (secondary N) is 2. The van der Waals surface area contributed by atoms with Crippen molar-refractivity contribution in [3.05, 3.63) is 41.6 Å². The lowest BCUT2D eigenvalue weighted by Crippen LogP contribution is -2.17. The van der Waals surface area contributed by atoms with E-state index in [1.165, 1.54) is 7.11 Å². The normalized spacial score (nSPS) is 11.3. The van der Waals surface area contributed by atoms with Crippen LogP contribution in [0.4, 0.5) is 5.69 Å². The third kappa shape index (κ3) is 3.20. The molecule has 21 heavy (non-hydrogen) atoms. The monoisotopic (exact) mass is 311 g/mol. The number of aromatic amines is 1. The summed E-state index contributed by atoms with van der Waals surface area (Å²) < 4.78 is 31.8. The van der Waals surface area contributed by atoms with E-state index >= 15 is 0 Å². The van der Waals surface area contributed by atoms with Crippen molar-refractivity contribution in [2.45, 2.75) is 11.6 Å². The van der Waals surface area contributed by atoms with Crippen LogP contribution in [-0.2, 0) is 21.4 Å². The van der Waals surface area contributed by atoms with Gasteiger partial charge in [-0.05, 0) is 6.07 Å². The van der Waals surface area contributed by atoms with Crippen LogP contribution < -0.4 is 4.72 Å². The number of rotatable bonds is 6. The summed E-state index contributed by atoms with van der Waals surface area (Å²) in [4.78, 5) is 11.0. The lowest BCUT2D eigenvalue weighted by molar-refractivity contribution is 0.0692. The van der Waals surface area contributed by atoms with E-state index < -0.39 is 26.6 Å². The summed E-state index contributed by atoms with van der Waals surface area (Å²) in [6.45, 7) is 0.216. The van der Waals surface area contributed by atoms with Crippen LogP contribution in [0, 0.1) is 0 Å². The Bertz CT molecular complexity index is 754. The number of aromatic nitrogens is 2. The zero-order valence-corrected chi connectivity index (χ0v) is 11.8. The second-order valence-corrected chi connectivity index (χ2v) is 5.73. The van der Waals surface area contributed by atoms with Crippen LogP contribution in [0.2, 0.25) is 0 Å². The first-order valence-corrected chi connectivity index (χ1v) is 7.30. The summed E-state index contributed by atoms with van der Waals surface area (Å²) in [5.41, 5.74) is 0.511. The molecule has 0 amide bonds. The number of sulfonamides is 1. The van der Waals surface area contributed by atoms with Gasteiger partial charge in [0.1, 0.15) is 5.56 Å². The molecule has 0 spiro atoms. The Morgan fingerprint density at radius 1 is 1.43 bits per heavy atom. The third-order valence-electron chi connectivity index (χ3n) is 2.67.